The van der Waals surface area contributed by atoms with Crippen LogP contribution in [0, 0.1) is 13.8 Å². The van der Waals surface area contributed by atoms with Crippen LogP contribution in [0.25, 0.3) is 0 Å². The van der Waals surface area contributed by atoms with Crippen molar-refractivity contribution < 1.29 is 4.79 Å². The molecule has 1 heterocycles. The molecule has 0 saturated carbocycles. The average Bonchev–Trinajstić information content (AvgIpc) is 2.13. The molecule has 0 spiro atoms. The minimum Gasteiger partial charge on any atom is -0.350 e. The summed E-state index contributed by atoms with van der Waals surface area (Å²) < 4.78 is 0. The fourth-order valence-electron chi connectivity index (χ4n) is 1.33. The second-order valence-corrected chi connectivity index (χ2v) is 4.76. The smallest absolute Gasteiger partial charge is 0.253 e. The van der Waals surface area contributed by atoms with E-state index in [0.29, 0.717) is 12.1 Å². The van der Waals surface area contributed by atoms with Crippen molar-refractivity contribution in [2.75, 3.05) is 6.54 Å². The Labute approximate surface area is 121 Å². The molecule has 0 aliphatic carbocycles. The molecule has 0 radical (unpaired) electrons. The molecular formula is C12H21Cl2N3O. The lowest BCUT2D eigenvalue weighted by atomic mass is 10.1. The van der Waals surface area contributed by atoms with Crippen molar-refractivity contribution in [1.29, 1.82) is 0 Å². The van der Waals surface area contributed by atoms with Crippen molar-refractivity contribution in [3.8, 4) is 0 Å². The molecule has 6 heteroatoms. The highest BCUT2D eigenvalue weighted by atomic mass is 35.5. The highest BCUT2D eigenvalue weighted by molar-refractivity contribution is 5.95. The molecule has 18 heavy (non-hydrogen) atoms. The number of hydrogen-bond donors (Lipinski definition) is 2. The van der Waals surface area contributed by atoms with Crippen molar-refractivity contribution in [2.45, 2.75) is 33.2 Å². The predicted molar refractivity (Wildman–Crippen MR) is 78.8 cm³/mol. The lowest BCUT2D eigenvalue weighted by molar-refractivity contribution is 0.0945. The number of hydrogen-bond acceptors (Lipinski definition) is 3. The zero-order valence-electron chi connectivity index (χ0n) is 11.1. The lowest BCUT2D eigenvalue weighted by Crippen LogP contribution is -2.45. The van der Waals surface area contributed by atoms with E-state index in [9.17, 15) is 4.79 Å². The van der Waals surface area contributed by atoms with E-state index in [1.807, 2.05) is 33.8 Å². The summed E-state index contributed by atoms with van der Waals surface area (Å²) in [5, 5.41) is 2.80. The lowest BCUT2D eigenvalue weighted by Gasteiger charge is -2.19. The van der Waals surface area contributed by atoms with E-state index in [1.165, 1.54) is 0 Å². The van der Waals surface area contributed by atoms with Gasteiger partial charge in [0.05, 0.1) is 11.3 Å². The molecule has 0 saturated heterocycles. The summed E-state index contributed by atoms with van der Waals surface area (Å²) in [7, 11) is 0. The van der Waals surface area contributed by atoms with Crippen LogP contribution >= 0.6 is 24.8 Å². The first-order chi connectivity index (χ1) is 7.29. The Morgan fingerprint density at radius 2 is 1.89 bits per heavy atom. The van der Waals surface area contributed by atoms with E-state index < -0.39 is 5.54 Å². The molecule has 3 N–H and O–H groups in total. The first-order valence-electron chi connectivity index (χ1n) is 5.31. The highest BCUT2D eigenvalue weighted by Gasteiger charge is 2.14. The molecule has 0 fully saturated rings. The maximum Gasteiger partial charge on any atom is 0.253 e. The zero-order valence-corrected chi connectivity index (χ0v) is 12.7. The minimum atomic E-state index is -0.401. The number of nitrogens with zero attached hydrogens (tertiary/aromatic N) is 1. The van der Waals surface area contributed by atoms with Crippen LogP contribution in [0.4, 0.5) is 0 Å². The van der Waals surface area contributed by atoms with E-state index in [1.54, 1.807) is 6.07 Å². The number of carbonyl (C=O) groups is 1. The van der Waals surface area contributed by atoms with E-state index in [0.717, 1.165) is 11.4 Å². The average molecular weight is 294 g/mol. The second kappa shape index (κ2) is 7.56. The number of carbonyl (C=O) groups excluding carboxylic acids is 1. The first-order valence-corrected chi connectivity index (χ1v) is 5.31. The number of aromatic nitrogens is 1. The molecular weight excluding hydrogens is 273 g/mol. The van der Waals surface area contributed by atoms with Gasteiger partial charge in [-0.3, -0.25) is 9.78 Å². The van der Waals surface area contributed by atoms with Gasteiger partial charge in [-0.05, 0) is 39.8 Å². The fraction of sp³-hybridized carbons (Fsp3) is 0.500. The van der Waals surface area contributed by atoms with Gasteiger partial charge in [0, 0.05) is 17.8 Å². The van der Waals surface area contributed by atoms with E-state index in [4.69, 9.17) is 5.73 Å². The third-order valence-corrected chi connectivity index (χ3v) is 2.17. The van der Waals surface area contributed by atoms with Crippen molar-refractivity contribution in [3.63, 3.8) is 0 Å². The van der Waals surface area contributed by atoms with Gasteiger partial charge in [0.15, 0.2) is 0 Å². The summed E-state index contributed by atoms with van der Waals surface area (Å²) in [5.41, 5.74) is 7.65. The molecule has 1 rings (SSSR count). The van der Waals surface area contributed by atoms with Gasteiger partial charge in [0.25, 0.3) is 5.91 Å². The fourth-order valence-corrected chi connectivity index (χ4v) is 1.33. The summed E-state index contributed by atoms with van der Waals surface area (Å²) in [6, 6.07) is 3.62. The van der Waals surface area contributed by atoms with Crippen LogP contribution in [0.1, 0.15) is 35.6 Å². The highest BCUT2D eigenvalue weighted by Crippen LogP contribution is 2.06. The van der Waals surface area contributed by atoms with Crippen LogP contribution in [0.2, 0.25) is 0 Å². The van der Waals surface area contributed by atoms with Gasteiger partial charge in [-0.15, -0.1) is 24.8 Å². The molecule has 1 amide bonds. The van der Waals surface area contributed by atoms with Crippen LogP contribution < -0.4 is 11.1 Å². The SMILES string of the molecule is Cc1ccc(C(=O)NCC(C)(C)N)c(C)n1.Cl.Cl. The van der Waals surface area contributed by atoms with Crippen LogP contribution in [0.5, 0.6) is 0 Å². The molecule has 0 bridgehead atoms. The molecule has 1 aromatic heterocycles. The molecule has 0 aromatic carbocycles. The minimum absolute atomic E-state index is 0. The molecule has 0 unspecified atom stereocenters. The first kappa shape index (κ1) is 19.5. The van der Waals surface area contributed by atoms with E-state index in [2.05, 4.69) is 10.3 Å². The van der Waals surface area contributed by atoms with Crippen LogP contribution in [-0.2, 0) is 0 Å². The number of rotatable bonds is 3. The molecule has 0 atom stereocenters. The maximum atomic E-state index is 11.8. The number of nitrogens with two attached hydrogens (primary N) is 1. The number of amides is 1. The summed E-state index contributed by atoms with van der Waals surface area (Å²) in [4.78, 5) is 16.1. The predicted octanol–water partition coefficient (Wildman–Crippen LogP) is 2.01. The molecule has 1 aromatic rings. The van der Waals surface area contributed by atoms with Crippen molar-refractivity contribution in [1.82, 2.24) is 10.3 Å². The van der Waals surface area contributed by atoms with Crippen LogP contribution in [0.15, 0.2) is 12.1 Å². The van der Waals surface area contributed by atoms with Crippen molar-refractivity contribution in [3.05, 3.63) is 29.1 Å². The largest absolute Gasteiger partial charge is 0.350 e. The third kappa shape index (κ3) is 6.19. The van der Waals surface area contributed by atoms with Gasteiger partial charge in [0.2, 0.25) is 0 Å². The summed E-state index contributed by atoms with van der Waals surface area (Å²) in [6.07, 6.45) is 0. The maximum absolute atomic E-state index is 11.8. The quantitative estimate of drug-likeness (QED) is 0.896. The molecule has 0 aliphatic heterocycles. The topological polar surface area (TPSA) is 68.0 Å². The zero-order chi connectivity index (χ0) is 12.3. The van der Waals surface area contributed by atoms with Crippen molar-refractivity contribution >= 4 is 30.7 Å². The summed E-state index contributed by atoms with van der Waals surface area (Å²) in [6.45, 7) is 7.91. The monoisotopic (exact) mass is 293 g/mol. The van der Waals surface area contributed by atoms with Gasteiger partial charge in [-0.25, -0.2) is 0 Å². The normalized spacial score (nSPS) is 10.1. The van der Waals surface area contributed by atoms with E-state index >= 15 is 0 Å². The van der Waals surface area contributed by atoms with Gasteiger partial charge in [0.1, 0.15) is 0 Å². The molecule has 104 valence electrons. The van der Waals surface area contributed by atoms with Gasteiger partial charge in [-0.1, -0.05) is 0 Å². The Bertz CT molecular complexity index is 403. The summed E-state index contributed by atoms with van der Waals surface area (Å²) in [5.74, 6) is -0.122. The molecule has 4 nitrogen and oxygen atoms in total. The third-order valence-electron chi connectivity index (χ3n) is 2.17. The van der Waals surface area contributed by atoms with Crippen molar-refractivity contribution in [2.24, 2.45) is 5.73 Å². The standard InChI is InChI=1S/C12H19N3O.2ClH/c1-8-5-6-10(9(2)15-8)11(16)14-7-12(3,4)13;;/h5-6H,7,13H2,1-4H3,(H,14,16);2*1H. The van der Waals surface area contributed by atoms with Gasteiger partial charge in [-0.2, -0.15) is 0 Å². The Morgan fingerprint density at radius 3 is 2.33 bits per heavy atom. The Balaban J connectivity index is 0. The Morgan fingerprint density at radius 1 is 1.33 bits per heavy atom. The van der Waals surface area contributed by atoms with E-state index in [-0.39, 0.29) is 30.7 Å². The van der Waals surface area contributed by atoms with Gasteiger partial charge < -0.3 is 11.1 Å². The second-order valence-electron chi connectivity index (χ2n) is 4.76. The van der Waals surface area contributed by atoms with Gasteiger partial charge >= 0.3 is 0 Å². The Hall–Kier alpha value is -0.840. The summed E-state index contributed by atoms with van der Waals surface area (Å²) >= 11 is 0. The van der Waals surface area contributed by atoms with Crippen LogP contribution in [-0.4, -0.2) is 23.0 Å². The number of aryl methyl sites for hydroxylation is 2. The van der Waals surface area contributed by atoms with Crippen LogP contribution in [0.3, 0.4) is 0 Å². The Kier molecular flexibility index (Phi) is 8.19. The number of pyridine rings is 1. The molecule has 0 aliphatic rings. The number of halogens is 2. The number of nitrogens with one attached hydrogen (secondary N) is 1.